The Morgan fingerprint density at radius 1 is 1.20 bits per heavy atom. The molecule has 2 rings (SSSR count). The van der Waals surface area contributed by atoms with Crippen LogP contribution in [0.1, 0.15) is 19.3 Å². The summed E-state index contributed by atoms with van der Waals surface area (Å²) in [6.45, 7) is 1.33. The van der Waals surface area contributed by atoms with Crippen molar-refractivity contribution in [2.24, 2.45) is 0 Å². The lowest BCUT2D eigenvalue weighted by atomic mass is 10.1. The molecule has 7 nitrogen and oxygen atoms in total. The minimum Gasteiger partial charge on any atom is -0.385 e. The van der Waals surface area contributed by atoms with E-state index >= 15 is 0 Å². The number of halogens is 2. The molecule has 1 aliphatic heterocycles. The van der Waals surface area contributed by atoms with Gasteiger partial charge in [-0.15, -0.1) is 0 Å². The first-order valence-corrected chi connectivity index (χ1v) is 6.53. The average Bonchev–Trinajstić information content (AvgIpc) is 2.45. The van der Waals surface area contributed by atoms with Crippen LogP contribution in [0.5, 0.6) is 0 Å². The molecule has 0 saturated carbocycles. The van der Waals surface area contributed by atoms with Gasteiger partial charge in [-0.05, 0) is 19.3 Å². The van der Waals surface area contributed by atoms with Gasteiger partial charge in [-0.3, -0.25) is 0 Å². The quantitative estimate of drug-likeness (QED) is 0.724. The van der Waals surface area contributed by atoms with Crippen LogP contribution in [-0.4, -0.2) is 52.2 Å². The van der Waals surface area contributed by atoms with Crippen molar-refractivity contribution in [1.82, 2.24) is 15.0 Å². The molecule has 2 heterocycles. The highest BCUT2D eigenvalue weighted by atomic mass is 19.3. The summed E-state index contributed by atoms with van der Waals surface area (Å²) in [6, 6.07) is 0. The van der Waals surface area contributed by atoms with Gasteiger partial charge < -0.3 is 21.1 Å². The van der Waals surface area contributed by atoms with Gasteiger partial charge in [0.25, 0.3) is 6.43 Å². The number of nitrogens with zero attached hydrogens (tertiary/aromatic N) is 4. The highest BCUT2D eigenvalue weighted by Crippen LogP contribution is 2.17. The zero-order valence-electron chi connectivity index (χ0n) is 11.0. The van der Waals surface area contributed by atoms with Gasteiger partial charge in [0.05, 0.1) is 0 Å². The van der Waals surface area contributed by atoms with Crippen molar-refractivity contribution >= 4 is 17.8 Å². The fourth-order valence-corrected chi connectivity index (χ4v) is 1.98. The number of alkyl halides is 2. The number of anilines is 3. The average molecular weight is 288 g/mol. The molecule has 1 aliphatic rings. The Morgan fingerprint density at radius 3 is 2.55 bits per heavy atom. The molecule has 1 atom stereocenters. The maximum atomic E-state index is 12.2. The highest BCUT2D eigenvalue weighted by molar-refractivity contribution is 5.42. The smallest absolute Gasteiger partial charge is 0.265 e. The molecule has 9 heteroatoms. The third-order valence-electron chi connectivity index (χ3n) is 3.04. The number of aliphatic hydroxyl groups is 1. The van der Waals surface area contributed by atoms with Crippen LogP contribution in [-0.2, 0) is 0 Å². The maximum Gasteiger partial charge on any atom is 0.265 e. The number of hydrogen-bond donors (Lipinski definition) is 3. The molecular formula is C11H18F2N6O. The van der Waals surface area contributed by atoms with Gasteiger partial charge in [0, 0.05) is 19.6 Å². The summed E-state index contributed by atoms with van der Waals surface area (Å²) in [4.78, 5) is 14.0. The summed E-state index contributed by atoms with van der Waals surface area (Å²) in [5.74, 6) is 0.554. The van der Waals surface area contributed by atoms with E-state index in [1.165, 1.54) is 6.42 Å². The van der Waals surface area contributed by atoms with Crippen LogP contribution in [0.3, 0.4) is 0 Å². The van der Waals surface area contributed by atoms with Crippen LogP contribution < -0.4 is 16.0 Å². The van der Waals surface area contributed by atoms with Gasteiger partial charge in [-0.2, -0.15) is 15.0 Å². The van der Waals surface area contributed by atoms with Gasteiger partial charge >= 0.3 is 0 Å². The predicted octanol–water partition coefficient (Wildman–Crippen LogP) is 0.482. The number of aromatic nitrogens is 3. The molecular weight excluding hydrogens is 270 g/mol. The molecule has 20 heavy (non-hydrogen) atoms. The van der Waals surface area contributed by atoms with E-state index in [-0.39, 0.29) is 18.4 Å². The van der Waals surface area contributed by atoms with Crippen molar-refractivity contribution in [2.45, 2.75) is 31.8 Å². The molecule has 1 fully saturated rings. The summed E-state index contributed by atoms with van der Waals surface area (Å²) < 4.78 is 24.4. The predicted molar refractivity (Wildman–Crippen MR) is 70.8 cm³/mol. The van der Waals surface area contributed by atoms with Crippen LogP contribution in [0.2, 0.25) is 0 Å². The Balaban J connectivity index is 2.04. The van der Waals surface area contributed by atoms with Crippen LogP contribution in [0.25, 0.3) is 0 Å². The minimum absolute atomic E-state index is 0.0228. The molecule has 0 radical (unpaired) electrons. The molecule has 0 aromatic carbocycles. The van der Waals surface area contributed by atoms with Crippen molar-refractivity contribution in [3.8, 4) is 0 Å². The Hall–Kier alpha value is -1.77. The van der Waals surface area contributed by atoms with E-state index in [2.05, 4.69) is 20.3 Å². The zero-order valence-corrected chi connectivity index (χ0v) is 11.0. The number of nitrogen functional groups attached to an aromatic ring is 1. The van der Waals surface area contributed by atoms with Crippen LogP contribution in [0.4, 0.5) is 26.6 Å². The molecule has 1 aromatic rings. The Morgan fingerprint density at radius 2 is 1.90 bits per heavy atom. The first kappa shape index (κ1) is 14.6. The minimum atomic E-state index is -2.82. The van der Waals surface area contributed by atoms with Crippen molar-refractivity contribution < 1.29 is 13.9 Å². The zero-order chi connectivity index (χ0) is 14.5. The molecule has 0 aliphatic carbocycles. The standard InChI is InChI=1S/C11H18F2N6O/c12-8(13)7(20)6-15-10-16-9(14)17-11(18-10)19-4-2-1-3-5-19/h7-8,20H,1-6H2,(H3,14,15,16,17,18). The Bertz CT molecular complexity index is 441. The van der Waals surface area contributed by atoms with E-state index in [1.807, 2.05) is 4.90 Å². The van der Waals surface area contributed by atoms with E-state index in [0.29, 0.717) is 5.95 Å². The first-order valence-electron chi connectivity index (χ1n) is 6.53. The summed E-state index contributed by atoms with van der Waals surface area (Å²) >= 11 is 0. The van der Waals surface area contributed by atoms with E-state index in [4.69, 9.17) is 10.8 Å². The molecule has 0 bridgehead atoms. The van der Waals surface area contributed by atoms with E-state index in [1.54, 1.807) is 0 Å². The molecule has 0 spiro atoms. The molecule has 1 saturated heterocycles. The van der Waals surface area contributed by atoms with Crippen molar-refractivity contribution in [1.29, 1.82) is 0 Å². The molecule has 0 amide bonds. The number of piperidine rings is 1. The fourth-order valence-electron chi connectivity index (χ4n) is 1.98. The number of aliphatic hydroxyl groups excluding tert-OH is 1. The summed E-state index contributed by atoms with van der Waals surface area (Å²) in [5, 5.41) is 11.6. The second-order valence-corrected chi connectivity index (χ2v) is 4.65. The fraction of sp³-hybridized carbons (Fsp3) is 0.727. The van der Waals surface area contributed by atoms with Gasteiger partial charge in [-0.1, -0.05) is 0 Å². The lowest BCUT2D eigenvalue weighted by Gasteiger charge is -2.26. The molecule has 1 aromatic heterocycles. The lowest BCUT2D eigenvalue weighted by Crippen LogP contribution is -2.32. The number of hydrogen-bond acceptors (Lipinski definition) is 7. The van der Waals surface area contributed by atoms with Crippen molar-refractivity contribution in [3.63, 3.8) is 0 Å². The van der Waals surface area contributed by atoms with Crippen LogP contribution in [0.15, 0.2) is 0 Å². The van der Waals surface area contributed by atoms with Gasteiger partial charge in [-0.25, -0.2) is 8.78 Å². The lowest BCUT2D eigenvalue weighted by molar-refractivity contribution is 0.00376. The van der Waals surface area contributed by atoms with E-state index < -0.39 is 12.5 Å². The summed E-state index contributed by atoms with van der Waals surface area (Å²) in [7, 11) is 0. The van der Waals surface area contributed by atoms with Gasteiger partial charge in [0.2, 0.25) is 17.8 Å². The largest absolute Gasteiger partial charge is 0.385 e. The van der Waals surface area contributed by atoms with Crippen LogP contribution >= 0.6 is 0 Å². The molecule has 1 unspecified atom stereocenters. The molecule has 112 valence electrons. The highest BCUT2D eigenvalue weighted by Gasteiger charge is 2.18. The van der Waals surface area contributed by atoms with Crippen LogP contribution in [0, 0.1) is 0 Å². The summed E-state index contributed by atoms with van der Waals surface area (Å²) in [6.07, 6.45) is -1.31. The third kappa shape index (κ3) is 3.86. The second kappa shape index (κ2) is 6.60. The van der Waals surface area contributed by atoms with Crippen molar-refractivity contribution in [3.05, 3.63) is 0 Å². The van der Waals surface area contributed by atoms with Gasteiger partial charge in [0.1, 0.15) is 6.10 Å². The third-order valence-corrected chi connectivity index (χ3v) is 3.04. The van der Waals surface area contributed by atoms with E-state index in [0.717, 1.165) is 25.9 Å². The number of nitrogens with one attached hydrogen (secondary N) is 1. The van der Waals surface area contributed by atoms with Gasteiger partial charge in [0.15, 0.2) is 0 Å². The number of nitrogens with two attached hydrogens (primary N) is 1. The monoisotopic (exact) mass is 288 g/mol. The Kier molecular flexibility index (Phi) is 4.83. The normalized spacial score (nSPS) is 17.3. The first-order chi connectivity index (χ1) is 9.56. The number of rotatable bonds is 5. The Labute approximate surface area is 115 Å². The SMILES string of the molecule is Nc1nc(NCC(O)C(F)F)nc(N2CCCCC2)n1. The summed E-state index contributed by atoms with van der Waals surface area (Å²) in [5.41, 5.74) is 5.59. The second-order valence-electron chi connectivity index (χ2n) is 4.65. The topological polar surface area (TPSA) is 100 Å². The van der Waals surface area contributed by atoms with Crippen molar-refractivity contribution in [2.75, 3.05) is 35.6 Å². The maximum absolute atomic E-state index is 12.2. The molecule has 4 N–H and O–H groups in total. The van der Waals surface area contributed by atoms with E-state index in [9.17, 15) is 8.78 Å².